The minimum Gasteiger partial charge on any atom is -0.496 e. The lowest BCUT2D eigenvalue weighted by Gasteiger charge is -2.32. The van der Waals surface area contributed by atoms with Crippen molar-refractivity contribution in [2.75, 3.05) is 20.2 Å². The lowest BCUT2D eigenvalue weighted by Crippen LogP contribution is -2.46. The van der Waals surface area contributed by atoms with Gasteiger partial charge in [-0.2, -0.15) is 4.31 Å². The van der Waals surface area contributed by atoms with E-state index in [2.05, 4.69) is 10.3 Å². The summed E-state index contributed by atoms with van der Waals surface area (Å²) in [6.07, 6.45) is 4.55. The van der Waals surface area contributed by atoms with Gasteiger partial charge in [0.1, 0.15) is 23.4 Å². The molecule has 0 bridgehead atoms. The third kappa shape index (κ3) is 4.83. The summed E-state index contributed by atoms with van der Waals surface area (Å²) in [5.74, 6) is -0.0738. The van der Waals surface area contributed by atoms with E-state index >= 15 is 0 Å². The molecule has 0 saturated carbocycles. The van der Waals surface area contributed by atoms with Crippen LogP contribution in [0.5, 0.6) is 5.75 Å². The summed E-state index contributed by atoms with van der Waals surface area (Å²) in [4.78, 5) is 17.8. The molecule has 2 atom stereocenters. The van der Waals surface area contributed by atoms with Crippen molar-refractivity contribution in [3.8, 4) is 5.75 Å². The normalized spacial score (nSPS) is 17.8. The average molecular weight is 487 g/mol. The molecule has 1 fully saturated rings. The predicted octanol–water partition coefficient (Wildman–Crippen LogP) is 2.87. The molecule has 0 spiro atoms. The van der Waals surface area contributed by atoms with Crippen LogP contribution in [0.25, 0.3) is 0 Å². The van der Waals surface area contributed by atoms with Gasteiger partial charge in [0, 0.05) is 38.1 Å². The number of aromatic nitrogens is 2. The number of para-hydroxylation sites is 1. The van der Waals surface area contributed by atoms with Gasteiger partial charge in [-0.1, -0.05) is 18.2 Å². The Morgan fingerprint density at radius 3 is 2.62 bits per heavy atom. The number of ether oxygens (including phenoxy) is 1. The van der Waals surface area contributed by atoms with E-state index < -0.39 is 27.8 Å². The van der Waals surface area contributed by atoms with Crippen molar-refractivity contribution in [1.82, 2.24) is 19.2 Å². The zero-order valence-electron chi connectivity index (χ0n) is 19.0. The highest BCUT2D eigenvalue weighted by Crippen LogP contribution is 2.30. The van der Waals surface area contributed by atoms with Crippen LogP contribution in [0, 0.1) is 11.7 Å². The Kier molecular flexibility index (Phi) is 6.99. The van der Waals surface area contributed by atoms with Gasteiger partial charge >= 0.3 is 0 Å². The number of sulfonamides is 1. The summed E-state index contributed by atoms with van der Waals surface area (Å²) < 4.78 is 48.0. The Bertz CT molecular complexity index is 1260. The highest BCUT2D eigenvalue weighted by atomic mass is 32.2. The maximum Gasteiger partial charge on any atom is 0.243 e. The van der Waals surface area contributed by atoms with Gasteiger partial charge in [0.25, 0.3) is 0 Å². The van der Waals surface area contributed by atoms with E-state index in [4.69, 9.17) is 4.74 Å². The van der Waals surface area contributed by atoms with Crippen molar-refractivity contribution in [2.45, 2.75) is 23.8 Å². The number of rotatable bonds is 7. The van der Waals surface area contributed by atoms with Gasteiger partial charge < -0.3 is 14.6 Å². The van der Waals surface area contributed by atoms with Crippen LogP contribution in [0.4, 0.5) is 4.39 Å². The Labute approximate surface area is 198 Å². The van der Waals surface area contributed by atoms with Crippen molar-refractivity contribution >= 4 is 15.9 Å². The molecule has 1 aromatic heterocycles. The van der Waals surface area contributed by atoms with Gasteiger partial charge in [-0.15, -0.1) is 0 Å². The Morgan fingerprint density at radius 1 is 1.21 bits per heavy atom. The third-order valence-corrected chi connectivity index (χ3v) is 7.94. The topological polar surface area (TPSA) is 93.5 Å². The number of amides is 1. The first-order valence-electron chi connectivity index (χ1n) is 11.0. The fraction of sp³-hybridized carbons (Fsp3) is 0.333. The molecule has 34 heavy (non-hydrogen) atoms. The van der Waals surface area contributed by atoms with E-state index in [1.54, 1.807) is 19.5 Å². The number of carbonyl (C=O) groups excluding carboxylic acids is 1. The molecule has 1 N–H and O–H groups in total. The number of benzene rings is 2. The van der Waals surface area contributed by atoms with Crippen LogP contribution >= 0.6 is 0 Å². The predicted molar refractivity (Wildman–Crippen MR) is 124 cm³/mol. The smallest absolute Gasteiger partial charge is 0.243 e. The van der Waals surface area contributed by atoms with Gasteiger partial charge in [0.15, 0.2) is 0 Å². The summed E-state index contributed by atoms with van der Waals surface area (Å²) >= 11 is 0. The van der Waals surface area contributed by atoms with Crippen molar-refractivity contribution in [3.05, 3.63) is 78.1 Å². The second-order valence-corrected chi connectivity index (χ2v) is 10.2. The van der Waals surface area contributed by atoms with E-state index in [0.29, 0.717) is 31.0 Å². The zero-order chi connectivity index (χ0) is 24.3. The molecule has 10 heteroatoms. The van der Waals surface area contributed by atoms with E-state index in [1.165, 1.54) is 16.4 Å². The van der Waals surface area contributed by atoms with Crippen molar-refractivity contribution in [3.63, 3.8) is 0 Å². The van der Waals surface area contributed by atoms with Gasteiger partial charge in [-0.25, -0.2) is 17.8 Å². The SMILES string of the molecule is COc1ccccc1C(NC(=O)C1CCCN(S(=O)(=O)c2ccc(F)cc2)C1)c1nccn1C. The quantitative estimate of drug-likeness (QED) is 0.554. The highest BCUT2D eigenvalue weighted by Gasteiger charge is 2.35. The lowest BCUT2D eigenvalue weighted by atomic mass is 9.97. The van der Waals surface area contributed by atoms with E-state index in [-0.39, 0.29) is 17.3 Å². The molecule has 1 saturated heterocycles. The first-order valence-corrected chi connectivity index (χ1v) is 12.4. The van der Waals surface area contributed by atoms with Crippen LogP contribution < -0.4 is 10.1 Å². The Hall–Kier alpha value is -3.24. The van der Waals surface area contributed by atoms with Crippen molar-refractivity contribution < 1.29 is 22.3 Å². The van der Waals surface area contributed by atoms with Gasteiger partial charge in [-0.05, 0) is 43.2 Å². The van der Waals surface area contributed by atoms with Crippen LogP contribution in [0.3, 0.4) is 0 Å². The summed E-state index contributed by atoms with van der Waals surface area (Å²) in [7, 11) is -0.430. The molecular formula is C24H27FN4O4S. The van der Waals surface area contributed by atoms with Crippen LogP contribution in [0.1, 0.15) is 30.3 Å². The first kappa shape index (κ1) is 23.9. The summed E-state index contributed by atoms with van der Waals surface area (Å²) in [6.45, 7) is 0.351. The number of nitrogens with one attached hydrogen (secondary N) is 1. The fourth-order valence-corrected chi connectivity index (χ4v) is 5.76. The maximum atomic E-state index is 13.4. The molecule has 3 aromatic rings. The number of nitrogens with zero attached hydrogens (tertiary/aromatic N) is 3. The number of halogens is 1. The molecule has 0 radical (unpaired) electrons. The van der Waals surface area contributed by atoms with Gasteiger partial charge in [0.2, 0.25) is 15.9 Å². The minimum atomic E-state index is -3.84. The molecular weight excluding hydrogens is 459 g/mol. The van der Waals surface area contributed by atoms with E-state index in [9.17, 15) is 17.6 Å². The second-order valence-electron chi connectivity index (χ2n) is 8.24. The molecule has 180 valence electrons. The number of methoxy groups -OCH3 is 1. The molecule has 0 aliphatic carbocycles. The molecule has 2 heterocycles. The number of piperidine rings is 1. The third-order valence-electron chi connectivity index (χ3n) is 6.06. The molecule has 8 nitrogen and oxygen atoms in total. The van der Waals surface area contributed by atoms with E-state index in [0.717, 1.165) is 17.7 Å². The summed E-state index contributed by atoms with van der Waals surface area (Å²) in [5, 5.41) is 3.07. The largest absolute Gasteiger partial charge is 0.496 e. The summed E-state index contributed by atoms with van der Waals surface area (Å²) in [6, 6.07) is 11.5. The number of aryl methyl sites for hydroxylation is 1. The van der Waals surface area contributed by atoms with Gasteiger partial charge in [-0.3, -0.25) is 4.79 Å². The average Bonchev–Trinajstić information content (AvgIpc) is 3.28. The van der Waals surface area contributed by atoms with Crippen molar-refractivity contribution in [2.24, 2.45) is 13.0 Å². The number of carbonyl (C=O) groups is 1. The molecule has 1 amide bonds. The molecule has 1 aliphatic rings. The van der Waals surface area contributed by atoms with Crippen LogP contribution in [-0.4, -0.2) is 48.4 Å². The number of hydrogen-bond donors (Lipinski definition) is 1. The second kappa shape index (κ2) is 9.94. The highest BCUT2D eigenvalue weighted by molar-refractivity contribution is 7.89. The van der Waals surface area contributed by atoms with Crippen LogP contribution in [-0.2, 0) is 21.9 Å². The molecule has 2 aromatic carbocycles. The monoisotopic (exact) mass is 486 g/mol. The Morgan fingerprint density at radius 2 is 1.94 bits per heavy atom. The zero-order valence-corrected chi connectivity index (χ0v) is 19.8. The minimum absolute atomic E-state index is 0.00914. The molecule has 2 unspecified atom stereocenters. The molecule has 4 rings (SSSR count). The summed E-state index contributed by atoms with van der Waals surface area (Å²) in [5.41, 5.74) is 0.749. The first-order chi connectivity index (χ1) is 16.3. The van der Waals surface area contributed by atoms with Gasteiger partial charge in [0.05, 0.1) is 17.9 Å². The number of imidazole rings is 1. The fourth-order valence-electron chi connectivity index (χ4n) is 4.23. The molecule has 1 aliphatic heterocycles. The lowest BCUT2D eigenvalue weighted by molar-refractivity contribution is -0.126. The standard InChI is InChI=1S/C24H27FN4O4S/c1-28-15-13-26-23(28)22(20-7-3-4-8-21(20)33-2)27-24(30)17-6-5-14-29(16-17)34(31,32)19-11-9-18(25)10-12-19/h3-4,7-13,15,17,22H,5-6,14,16H2,1-2H3,(H,27,30). The maximum absolute atomic E-state index is 13.4. The van der Waals surface area contributed by atoms with E-state index in [1.807, 2.05) is 35.9 Å². The van der Waals surface area contributed by atoms with Crippen molar-refractivity contribution in [1.29, 1.82) is 0 Å². The Balaban J connectivity index is 1.57. The van der Waals surface area contributed by atoms with Crippen LogP contribution in [0.15, 0.2) is 65.8 Å². The number of hydrogen-bond acceptors (Lipinski definition) is 5. The van der Waals surface area contributed by atoms with Crippen LogP contribution in [0.2, 0.25) is 0 Å².